The zero-order valence-corrected chi connectivity index (χ0v) is 19.0. The fourth-order valence-electron chi connectivity index (χ4n) is 3.69. The highest BCUT2D eigenvalue weighted by molar-refractivity contribution is 5.84. The quantitative estimate of drug-likeness (QED) is 0.294. The molecule has 10 heteroatoms. The molecule has 4 rings (SSSR count). The number of fused-ring (bicyclic) bond motifs is 1. The van der Waals surface area contributed by atoms with Crippen LogP contribution in [0.1, 0.15) is 29.3 Å². The van der Waals surface area contributed by atoms with E-state index < -0.39 is 11.9 Å². The second-order valence-corrected chi connectivity index (χ2v) is 7.63. The molecule has 0 spiro atoms. The second kappa shape index (κ2) is 10.3. The van der Waals surface area contributed by atoms with Crippen LogP contribution in [0, 0.1) is 22.7 Å². The third-order valence-corrected chi connectivity index (χ3v) is 5.43. The van der Waals surface area contributed by atoms with Gasteiger partial charge in [0.25, 0.3) is 0 Å². The van der Waals surface area contributed by atoms with Crippen LogP contribution in [0.25, 0.3) is 16.7 Å². The summed E-state index contributed by atoms with van der Waals surface area (Å²) in [4.78, 5) is 21.3. The van der Waals surface area contributed by atoms with E-state index in [1.54, 1.807) is 22.9 Å². The van der Waals surface area contributed by atoms with Crippen LogP contribution in [0.4, 0.5) is 11.6 Å². The molecule has 2 heterocycles. The number of nitrogens with zero attached hydrogens (tertiary/aromatic N) is 6. The summed E-state index contributed by atoms with van der Waals surface area (Å²) in [6, 6.07) is 20.7. The molecule has 0 amide bonds. The Hall–Kier alpha value is -4.96. The maximum absolute atomic E-state index is 12.2. The van der Waals surface area contributed by atoms with Crippen LogP contribution in [0.3, 0.4) is 0 Å². The van der Waals surface area contributed by atoms with Crippen molar-refractivity contribution in [1.82, 2.24) is 19.7 Å². The first-order chi connectivity index (χ1) is 17.1. The second-order valence-electron chi connectivity index (χ2n) is 7.63. The van der Waals surface area contributed by atoms with Gasteiger partial charge in [0.05, 0.1) is 35.6 Å². The highest BCUT2D eigenvalue weighted by Gasteiger charge is 2.27. The predicted molar refractivity (Wildman–Crippen MR) is 129 cm³/mol. The maximum atomic E-state index is 12.2. The number of anilines is 2. The van der Waals surface area contributed by atoms with Crippen LogP contribution in [0.5, 0.6) is 0 Å². The molecule has 0 aliphatic heterocycles. The number of nitrogens with one attached hydrogen (secondary N) is 1. The van der Waals surface area contributed by atoms with Gasteiger partial charge in [0.1, 0.15) is 23.1 Å². The molecule has 174 valence electrons. The molecule has 0 saturated heterocycles. The van der Waals surface area contributed by atoms with Crippen molar-refractivity contribution in [1.29, 1.82) is 10.5 Å². The van der Waals surface area contributed by atoms with Crippen molar-refractivity contribution >= 4 is 28.6 Å². The summed E-state index contributed by atoms with van der Waals surface area (Å²) in [5.41, 5.74) is 9.27. The first-order valence-corrected chi connectivity index (χ1v) is 10.9. The smallest absolute Gasteiger partial charge is 0.329 e. The minimum Gasteiger partial charge on any atom is -0.468 e. The number of hydrogen-bond donors (Lipinski definition) is 2. The number of rotatable bonds is 8. The fraction of sp³-hybridized carbons (Fsp3) is 0.200. The molecule has 2 aromatic heterocycles. The molecule has 35 heavy (non-hydrogen) atoms. The van der Waals surface area contributed by atoms with Gasteiger partial charge in [0.2, 0.25) is 0 Å². The number of esters is 1. The molecular formula is C25H22N8O2. The molecule has 1 unspecified atom stereocenters. The lowest BCUT2D eigenvalue weighted by Crippen LogP contribution is -2.18. The van der Waals surface area contributed by atoms with Crippen molar-refractivity contribution in [3.63, 3.8) is 0 Å². The Morgan fingerprint density at radius 2 is 1.80 bits per heavy atom. The Kier molecular flexibility index (Phi) is 6.84. The molecule has 2 aromatic carbocycles. The van der Waals surface area contributed by atoms with Crippen molar-refractivity contribution in [3.8, 4) is 17.8 Å². The Morgan fingerprint density at radius 3 is 2.46 bits per heavy atom. The Labute approximate surface area is 201 Å². The number of benzene rings is 2. The summed E-state index contributed by atoms with van der Waals surface area (Å²) in [5, 5.41) is 26.9. The molecule has 0 aliphatic carbocycles. The number of ether oxygens (including phenoxy) is 1. The van der Waals surface area contributed by atoms with Gasteiger partial charge in [-0.1, -0.05) is 30.3 Å². The van der Waals surface area contributed by atoms with Crippen LogP contribution in [-0.4, -0.2) is 39.4 Å². The van der Waals surface area contributed by atoms with E-state index in [2.05, 4.69) is 26.5 Å². The van der Waals surface area contributed by atoms with E-state index in [4.69, 9.17) is 10.5 Å². The third kappa shape index (κ3) is 4.72. The van der Waals surface area contributed by atoms with Crippen LogP contribution < -0.4 is 11.1 Å². The molecule has 0 fully saturated rings. The zero-order chi connectivity index (χ0) is 24.8. The van der Waals surface area contributed by atoms with Crippen LogP contribution in [0.15, 0.2) is 54.6 Å². The highest BCUT2D eigenvalue weighted by atomic mass is 16.5. The van der Waals surface area contributed by atoms with Gasteiger partial charge in [0.15, 0.2) is 11.7 Å². The number of nitriles is 2. The van der Waals surface area contributed by atoms with E-state index in [-0.39, 0.29) is 5.69 Å². The van der Waals surface area contributed by atoms with E-state index >= 15 is 0 Å². The number of nitrogens with two attached hydrogens (primary N) is 1. The summed E-state index contributed by atoms with van der Waals surface area (Å²) in [5.74, 6) is -1.30. The minimum atomic E-state index is -1.22. The standard InChI is InChI=1S/C25H22N8O2/c1-35-25(34)18(15-27)22-24(31-21-11-6-5-10-20(21)30-22)29-13-7-12-19-17(14-26)23(28)33(32-19)16-8-3-2-4-9-16/h2-6,8-11,18H,7,12-13,28H2,1H3,(H,29,31). The lowest BCUT2D eigenvalue weighted by Gasteiger charge is -2.14. The average molecular weight is 467 g/mol. The minimum absolute atomic E-state index is 0.202. The van der Waals surface area contributed by atoms with Crippen molar-refractivity contribution in [3.05, 3.63) is 71.5 Å². The molecule has 0 aliphatic rings. The summed E-state index contributed by atoms with van der Waals surface area (Å²) >= 11 is 0. The highest BCUT2D eigenvalue weighted by Crippen LogP contribution is 2.26. The first-order valence-electron chi connectivity index (χ1n) is 10.9. The largest absolute Gasteiger partial charge is 0.468 e. The van der Waals surface area contributed by atoms with Gasteiger partial charge in [-0.05, 0) is 37.1 Å². The summed E-state index contributed by atoms with van der Waals surface area (Å²) in [7, 11) is 1.22. The summed E-state index contributed by atoms with van der Waals surface area (Å²) < 4.78 is 6.33. The van der Waals surface area contributed by atoms with E-state index in [0.29, 0.717) is 53.3 Å². The number of para-hydroxylation sites is 3. The van der Waals surface area contributed by atoms with Gasteiger partial charge in [-0.2, -0.15) is 15.6 Å². The maximum Gasteiger partial charge on any atom is 0.329 e. The number of carbonyl (C=O) groups excluding carboxylic acids is 1. The molecule has 4 aromatic rings. The summed E-state index contributed by atoms with van der Waals surface area (Å²) in [6.07, 6.45) is 1.07. The molecular weight excluding hydrogens is 444 g/mol. The molecule has 1 atom stereocenters. The van der Waals surface area contributed by atoms with Crippen molar-refractivity contribution in [2.45, 2.75) is 18.8 Å². The number of hydrogen-bond acceptors (Lipinski definition) is 9. The van der Waals surface area contributed by atoms with Gasteiger partial charge in [-0.3, -0.25) is 4.79 Å². The van der Waals surface area contributed by atoms with E-state index in [9.17, 15) is 15.3 Å². The zero-order valence-electron chi connectivity index (χ0n) is 19.0. The molecule has 3 N–H and O–H groups in total. The van der Waals surface area contributed by atoms with Gasteiger partial charge >= 0.3 is 5.97 Å². The molecule has 0 bridgehead atoms. The number of aryl methyl sites for hydroxylation is 1. The van der Waals surface area contributed by atoms with Crippen LogP contribution in [0.2, 0.25) is 0 Å². The Balaban J connectivity index is 1.54. The number of methoxy groups -OCH3 is 1. The Morgan fingerprint density at radius 1 is 1.11 bits per heavy atom. The first kappa shape index (κ1) is 23.2. The average Bonchev–Trinajstić information content (AvgIpc) is 3.22. The monoisotopic (exact) mass is 466 g/mol. The Bertz CT molecular complexity index is 1450. The van der Waals surface area contributed by atoms with Gasteiger partial charge < -0.3 is 15.8 Å². The van der Waals surface area contributed by atoms with Gasteiger partial charge in [0, 0.05) is 6.54 Å². The van der Waals surface area contributed by atoms with Crippen LogP contribution >= 0.6 is 0 Å². The van der Waals surface area contributed by atoms with E-state index in [1.165, 1.54) is 7.11 Å². The van der Waals surface area contributed by atoms with Crippen LogP contribution in [-0.2, 0) is 16.0 Å². The SMILES string of the molecule is COC(=O)C(C#N)c1nc2ccccc2nc1NCCCc1nn(-c2ccccc2)c(N)c1C#N. The molecule has 10 nitrogen and oxygen atoms in total. The van der Waals surface area contributed by atoms with E-state index in [0.717, 1.165) is 5.69 Å². The molecule has 0 saturated carbocycles. The lowest BCUT2D eigenvalue weighted by atomic mass is 10.1. The third-order valence-electron chi connectivity index (χ3n) is 5.43. The summed E-state index contributed by atoms with van der Waals surface area (Å²) in [6.45, 7) is 0.433. The lowest BCUT2D eigenvalue weighted by molar-refractivity contribution is -0.141. The topological polar surface area (TPSA) is 156 Å². The predicted octanol–water partition coefficient (Wildman–Crippen LogP) is 3.09. The number of carbonyl (C=O) groups is 1. The number of nitrogen functional groups attached to an aromatic ring is 1. The van der Waals surface area contributed by atoms with Crippen molar-refractivity contribution < 1.29 is 9.53 Å². The normalized spacial score (nSPS) is 11.4. The molecule has 0 radical (unpaired) electrons. The van der Waals surface area contributed by atoms with Gasteiger partial charge in [-0.25, -0.2) is 14.6 Å². The van der Waals surface area contributed by atoms with Gasteiger partial charge in [-0.15, -0.1) is 0 Å². The van der Waals surface area contributed by atoms with Crippen molar-refractivity contribution in [2.24, 2.45) is 0 Å². The number of aromatic nitrogens is 4. The van der Waals surface area contributed by atoms with Crippen molar-refractivity contribution in [2.75, 3.05) is 24.7 Å². The fourth-order valence-corrected chi connectivity index (χ4v) is 3.69. The van der Waals surface area contributed by atoms with E-state index in [1.807, 2.05) is 42.5 Å².